The van der Waals surface area contributed by atoms with E-state index in [4.69, 9.17) is 10.8 Å². The highest BCUT2D eigenvalue weighted by atomic mass is 32.2. The number of hydrogen-bond acceptors (Lipinski definition) is 4. The molecule has 0 aliphatic heterocycles. The first-order valence-corrected chi connectivity index (χ1v) is 6.36. The van der Waals surface area contributed by atoms with Crippen molar-refractivity contribution < 1.29 is 23.5 Å². The number of nitrogens with one attached hydrogen (secondary N) is 1. The number of amides is 1. The summed E-state index contributed by atoms with van der Waals surface area (Å²) in [6.45, 7) is 0. The smallest absolute Gasteiger partial charge is 0.321 e. The van der Waals surface area contributed by atoms with Crippen LogP contribution in [0.4, 0.5) is 14.5 Å². The molecule has 1 aromatic rings. The third kappa shape index (κ3) is 5.23. The number of carbonyl (C=O) groups excluding carboxylic acids is 1. The Kier molecular flexibility index (Phi) is 5.71. The zero-order valence-electron chi connectivity index (χ0n) is 9.73. The van der Waals surface area contributed by atoms with Gasteiger partial charge in [0.15, 0.2) is 11.6 Å². The molecular weight excluding hydrogens is 278 g/mol. The second-order valence-corrected chi connectivity index (χ2v) is 4.67. The molecule has 0 aliphatic rings. The van der Waals surface area contributed by atoms with Gasteiger partial charge in [0.25, 0.3) is 0 Å². The highest BCUT2D eigenvalue weighted by Crippen LogP contribution is 2.13. The van der Waals surface area contributed by atoms with Crippen LogP contribution in [-0.4, -0.2) is 34.5 Å². The van der Waals surface area contributed by atoms with Crippen molar-refractivity contribution in [3.05, 3.63) is 29.8 Å². The van der Waals surface area contributed by atoms with Crippen LogP contribution < -0.4 is 11.1 Å². The second kappa shape index (κ2) is 7.05. The maximum atomic E-state index is 12.9. The van der Waals surface area contributed by atoms with Crippen LogP contribution in [0.25, 0.3) is 0 Å². The maximum absolute atomic E-state index is 12.9. The van der Waals surface area contributed by atoms with E-state index in [0.29, 0.717) is 0 Å². The van der Waals surface area contributed by atoms with Crippen molar-refractivity contribution in [2.45, 2.75) is 6.04 Å². The second-order valence-electron chi connectivity index (χ2n) is 3.64. The van der Waals surface area contributed by atoms with E-state index in [0.717, 1.165) is 23.9 Å². The summed E-state index contributed by atoms with van der Waals surface area (Å²) in [6, 6.07) is 1.95. The largest absolute Gasteiger partial charge is 0.480 e. The first-order chi connectivity index (χ1) is 8.90. The fraction of sp³-hybridized carbons (Fsp3) is 0.273. The molecule has 0 saturated carbocycles. The van der Waals surface area contributed by atoms with Gasteiger partial charge in [-0.2, -0.15) is 0 Å². The molecule has 1 atom stereocenters. The summed E-state index contributed by atoms with van der Waals surface area (Å²) in [6.07, 6.45) is 0. The predicted molar refractivity (Wildman–Crippen MR) is 67.9 cm³/mol. The lowest BCUT2D eigenvalue weighted by Gasteiger charge is -2.07. The highest BCUT2D eigenvalue weighted by Gasteiger charge is 2.12. The fourth-order valence-corrected chi connectivity index (χ4v) is 1.89. The number of carboxylic acids is 1. The van der Waals surface area contributed by atoms with Crippen molar-refractivity contribution in [2.75, 3.05) is 16.8 Å². The Morgan fingerprint density at radius 3 is 2.63 bits per heavy atom. The van der Waals surface area contributed by atoms with Gasteiger partial charge in [-0.25, -0.2) is 8.78 Å². The van der Waals surface area contributed by atoms with Gasteiger partial charge >= 0.3 is 5.97 Å². The number of thioether (sulfide) groups is 1. The van der Waals surface area contributed by atoms with Crippen LogP contribution in [0.2, 0.25) is 0 Å². The zero-order valence-corrected chi connectivity index (χ0v) is 10.5. The van der Waals surface area contributed by atoms with E-state index in [-0.39, 0.29) is 17.2 Å². The van der Waals surface area contributed by atoms with Gasteiger partial charge in [-0.15, -0.1) is 11.8 Å². The highest BCUT2D eigenvalue weighted by molar-refractivity contribution is 8.00. The Morgan fingerprint density at radius 1 is 1.37 bits per heavy atom. The van der Waals surface area contributed by atoms with Crippen molar-refractivity contribution in [1.29, 1.82) is 0 Å². The van der Waals surface area contributed by atoms with Gasteiger partial charge in [-0.05, 0) is 12.1 Å². The molecule has 4 N–H and O–H groups in total. The summed E-state index contributed by atoms with van der Waals surface area (Å²) in [5.74, 6) is -3.60. The van der Waals surface area contributed by atoms with Crippen molar-refractivity contribution in [3.8, 4) is 0 Å². The summed E-state index contributed by atoms with van der Waals surface area (Å²) >= 11 is 1.04. The van der Waals surface area contributed by atoms with E-state index in [1.165, 1.54) is 6.07 Å². The van der Waals surface area contributed by atoms with Gasteiger partial charge in [0, 0.05) is 17.5 Å². The van der Waals surface area contributed by atoms with E-state index < -0.39 is 29.6 Å². The van der Waals surface area contributed by atoms with Crippen molar-refractivity contribution in [1.82, 2.24) is 0 Å². The molecule has 8 heteroatoms. The third-order valence-electron chi connectivity index (χ3n) is 2.05. The molecule has 0 aromatic heterocycles. The average molecular weight is 290 g/mol. The molecule has 0 aliphatic carbocycles. The van der Waals surface area contributed by atoms with Crippen LogP contribution >= 0.6 is 11.8 Å². The Bertz CT molecular complexity index is 485. The van der Waals surface area contributed by atoms with Crippen molar-refractivity contribution in [2.24, 2.45) is 5.73 Å². The van der Waals surface area contributed by atoms with Gasteiger partial charge < -0.3 is 16.2 Å². The summed E-state index contributed by atoms with van der Waals surface area (Å²) in [4.78, 5) is 21.8. The SMILES string of the molecule is N[C@H](CSCC(=O)Nc1ccc(F)c(F)c1)C(=O)O. The number of nitrogens with two attached hydrogens (primary N) is 1. The Labute approximate surface area is 112 Å². The third-order valence-corrected chi connectivity index (χ3v) is 3.11. The minimum Gasteiger partial charge on any atom is -0.480 e. The maximum Gasteiger partial charge on any atom is 0.321 e. The number of benzene rings is 1. The summed E-state index contributed by atoms with van der Waals surface area (Å²) < 4.78 is 25.5. The molecule has 0 heterocycles. The number of carboxylic acid groups (broad SMARTS) is 1. The lowest BCUT2D eigenvalue weighted by atomic mass is 10.3. The molecule has 1 aromatic carbocycles. The first-order valence-electron chi connectivity index (χ1n) is 5.21. The zero-order chi connectivity index (χ0) is 14.4. The molecule has 104 valence electrons. The van der Waals surface area contributed by atoms with Crippen molar-refractivity contribution in [3.63, 3.8) is 0 Å². The number of halogens is 2. The number of aliphatic carboxylic acids is 1. The molecule has 0 bridgehead atoms. The number of hydrogen-bond donors (Lipinski definition) is 3. The van der Waals surface area contributed by atoms with E-state index in [9.17, 15) is 18.4 Å². The summed E-state index contributed by atoms with van der Waals surface area (Å²) in [5, 5.41) is 10.9. The minimum absolute atomic E-state index is 0.0278. The molecule has 1 rings (SSSR count). The van der Waals surface area contributed by atoms with E-state index in [1.54, 1.807) is 0 Å². The summed E-state index contributed by atoms with van der Waals surface area (Å²) in [5.41, 5.74) is 5.38. The molecule has 1 amide bonds. The van der Waals surface area contributed by atoms with Gasteiger partial charge in [0.05, 0.1) is 5.75 Å². The molecule has 0 fully saturated rings. The van der Waals surface area contributed by atoms with E-state index in [1.807, 2.05) is 0 Å². The predicted octanol–water partition coefficient (Wildman–Crippen LogP) is 1.05. The van der Waals surface area contributed by atoms with Crippen molar-refractivity contribution >= 4 is 29.3 Å². The summed E-state index contributed by atoms with van der Waals surface area (Å²) in [7, 11) is 0. The van der Waals surface area contributed by atoms with Crippen LogP contribution in [0, 0.1) is 11.6 Å². The molecular formula is C11H12F2N2O3S. The fourth-order valence-electron chi connectivity index (χ4n) is 1.12. The van der Waals surface area contributed by atoms with Crippen LogP contribution in [-0.2, 0) is 9.59 Å². The molecule has 5 nitrogen and oxygen atoms in total. The monoisotopic (exact) mass is 290 g/mol. The molecule has 0 unspecified atom stereocenters. The van der Waals surface area contributed by atoms with Crippen LogP contribution in [0.5, 0.6) is 0 Å². The normalized spacial score (nSPS) is 11.9. The first kappa shape index (κ1) is 15.4. The Balaban J connectivity index is 2.39. The topological polar surface area (TPSA) is 92.4 Å². The van der Waals surface area contributed by atoms with Gasteiger partial charge in [-0.3, -0.25) is 9.59 Å². The van der Waals surface area contributed by atoms with Gasteiger partial charge in [-0.1, -0.05) is 0 Å². The Morgan fingerprint density at radius 2 is 2.05 bits per heavy atom. The number of rotatable bonds is 6. The van der Waals surface area contributed by atoms with E-state index in [2.05, 4.69) is 5.32 Å². The van der Waals surface area contributed by atoms with Crippen LogP contribution in [0.15, 0.2) is 18.2 Å². The lowest BCUT2D eigenvalue weighted by Crippen LogP contribution is -2.33. The molecule has 0 radical (unpaired) electrons. The minimum atomic E-state index is -1.14. The van der Waals surface area contributed by atoms with E-state index >= 15 is 0 Å². The van der Waals surface area contributed by atoms with Gasteiger partial charge in [0.1, 0.15) is 6.04 Å². The molecule has 19 heavy (non-hydrogen) atoms. The Hall–Kier alpha value is -1.67. The standard InChI is InChI=1S/C11H12F2N2O3S/c12-7-2-1-6(3-8(7)13)15-10(16)5-19-4-9(14)11(17)18/h1-3,9H,4-5,14H2,(H,15,16)(H,17,18)/t9-/m1/s1. The quantitative estimate of drug-likeness (QED) is 0.728. The molecule has 0 saturated heterocycles. The number of anilines is 1. The number of carbonyl (C=O) groups is 2. The van der Waals surface area contributed by atoms with Crippen LogP contribution in [0.3, 0.4) is 0 Å². The average Bonchev–Trinajstić information content (AvgIpc) is 2.33. The van der Waals surface area contributed by atoms with Crippen LogP contribution in [0.1, 0.15) is 0 Å². The molecule has 0 spiro atoms. The lowest BCUT2D eigenvalue weighted by molar-refractivity contribution is -0.137. The van der Waals surface area contributed by atoms with Gasteiger partial charge in [0.2, 0.25) is 5.91 Å².